The summed E-state index contributed by atoms with van der Waals surface area (Å²) in [5.41, 5.74) is 2.16. The van der Waals surface area contributed by atoms with Crippen molar-refractivity contribution in [1.82, 2.24) is 4.57 Å². The molecule has 0 spiro atoms. The zero-order valence-electron chi connectivity index (χ0n) is 10.2. The molecule has 2 nitrogen and oxygen atoms in total. The van der Waals surface area contributed by atoms with Gasteiger partial charge < -0.3 is 4.57 Å². The Bertz CT molecular complexity index is 361. The predicted molar refractivity (Wildman–Crippen MR) is 62.8 cm³/mol. The van der Waals surface area contributed by atoms with Gasteiger partial charge in [-0.2, -0.15) is 5.26 Å². The maximum atomic E-state index is 9.03. The molecule has 0 amide bonds. The van der Waals surface area contributed by atoms with E-state index in [9.17, 15) is 0 Å². The van der Waals surface area contributed by atoms with Crippen molar-refractivity contribution in [2.75, 3.05) is 0 Å². The first-order valence-corrected chi connectivity index (χ1v) is 5.59. The topological polar surface area (TPSA) is 28.7 Å². The maximum absolute atomic E-state index is 9.03. The highest BCUT2D eigenvalue weighted by atomic mass is 15.0. The summed E-state index contributed by atoms with van der Waals surface area (Å²) >= 11 is 0. The standard InChI is InChI=1S/C13H20N2/c1-5-6-7-15-10-11(13(2,3)4)8-12(15)9-14/h8,10H,5-7H2,1-4H3. The molecule has 0 saturated carbocycles. The maximum Gasteiger partial charge on any atom is 0.120 e. The van der Waals surface area contributed by atoms with E-state index in [2.05, 4.69) is 44.5 Å². The number of hydrogen-bond acceptors (Lipinski definition) is 1. The molecule has 0 saturated heterocycles. The molecule has 0 aliphatic carbocycles. The van der Waals surface area contributed by atoms with Gasteiger partial charge in [0.15, 0.2) is 0 Å². The number of nitrogens with zero attached hydrogens (tertiary/aromatic N) is 2. The molecule has 0 aliphatic heterocycles. The summed E-state index contributed by atoms with van der Waals surface area (Å²) < 4.78 is 2.07. The molecule has 0 aliphatic rings. The van der Waals surface area contributed by atoms with Gasteiger partial charge in [0.2, 0.25) is 0 Å². The van der Waals surface area contributed by atoms with Crippen LogP contribution < -0.4 is 0 Å². The van der Waals surface area contributed by atoms with Crippen molar-refractivity contribution < 1.29 is 0 Å². The van der Waals surface area contributed by atoms with Crippen molar-refractivity contribution in [3.8, 4) is 6.07 Å². The van der Waals surface area contributed by atoms with Crippen LogP contribution in [0.2, 0.25) is 0 Å². The second kappa shape index (κ2) is 4.53. The molecule has 2 heteroatoms. The summed E-state index contributed by atoms with van der Waals surface area (Å²) in [4.78, 5) is 0. The molecule has 0 atom stereocenters. The van der Waals surface area contributed by atoms with Crippen LogP contribution in [0.4, 0.5) is 0 Å². The SMILES string of the molecule is CCCCn1cc(C(C)(C)C)cc1C#N. The van der Waals surface area contributed by atoms with Gasteiger partial charge in [-0.1, -0.05) is 34.1 Å². The molecule has 1 heterocycles. The number of aromatic nitrogens is 1. The largest absolute Gasteiger partial charge is 0.339 e. The minimum absolute atomic E-state index is 0.128. The van der Waals surface area contributed by atoms with Crippen molar-refractivity contribution in [1.29, 1.82) is 5.26 Å². The highest BCUT2D eigenvalue weighted by Crippen LogP contribution is 2.24. The molecule has 0 aromatic carbocycles. The molecule has 0 bridgehead atoms. The number of nitriles is 1. The monoisotopic (exact) mass is 204 g/mol. The van der Waals surface area contributed by atoms with Crippen molar-refractivity contribution in [3.05, 3.63) is 23.5 Å². The fraction of sp³-hybridized carbons (Fsp3) is 0.615. The third-order valence-corrected chi connectivity index (χ3v) is 2.63. The molecular formula is C13H20N2. The van der Waals surface area contributed by atoms with Crippen LogP contribution in [-0.4, -0.2) is 4.57 Å². The Hall–Kier alpha value is -1.23. The summed E-state index contributed by atoms with van der Waals surface area (Å²) in [5.74, 6) is 0. The smallest absolute Gasteiger partial charge is 0.120 e. The van der Waals surface area contributed by atoms with Gasteiger partial charge in [-0.3, -0.25) is 0 Å². The molecule has 0 fully saturated rings. The van der Waals surface area contributed by atoms with Gasteiger partial charge in [0.1, 0.15) is 11.8 Å². The lowest BCUT2D eigenvalue weighted by Crippen LogP contribution is -2.09. The first-order chi connectivity index (χ1) is 6.99. The van der Waals surface area contributed by atoms with Crippen LogP contribution in [0, 0.1) is 11.3 Å². The average molecular weight is 204 g/mol. The Balaban J connectivity index is 2.97. The van der Waals surface area contributed by atoms with Crippen LogP contribution >= 0.6 is 0 Å². The molecular weight excluding hydrogens is 184 g/mol. The van der Waals surface area contributed by atoms with Crippen LogP contribution in [0.1, 0.15) is 51.8 Å². The van der Waals surface area contributed by atoms with Gasteiger partial charge in [-0.15, -0.1) is 0 Å². The zero-order chi connectivity index (χ0) is 11.5. The highest BCUT2D eigenvalue weighted by Gasteiger charge is 2.17. The van der Waals surface area contributed by atoms with Crippen molar-refractivity contribution in [2.45, 2.75) is 52.5 Å². The van der Waals surface area contributed by atoms with E-state index in [0.29, 0.717) is 0 Å². The predicted octanol–water partition coefficient (Wildman–Crippen LogP) is 3.46. The summed E-state index contributed by atoms with van der Waals surface area (Å²) in [6, 6.07) is 4.27. The Kier molecular flexibility index (Phi) is 3.57. The van der Waals surface area contributed by atoms with Crippen molar-refractivity contribution in [2.24, 2.45) is 0 Å². The van der Waals surface area contributed by atoms with E-state index in [0.717, 1.165) is 25.1 Å². The van der Waals surface area contributed by atoms with Crippen LogP contribution in [0.15, 0.2) is 12.3 Å². The summed E-state index contributed by atoms with van der Waals surface area (Å²) in [6.45, 7) is 9.64. The third kappa shape index (κ3) is 2.86. The van der Waals surface area contributed by atoms with Gasteiger partial charge in [-0.05, 0) is 23.5 Å². The van der Waals surface area contributed by atoms with Gasteiger partial charge in [0, 0.05) is 12.7 Å². The van der Waals surface area contributed by atoms with Gasteiger partial charge in [0.25, 0.3) is 0 Å². The number of aryl methyl sites for hydroxylation is 1. The van der Waals surface area contributed by atoms with Gasteiger partial charge in [0.05, 0.1) is 0 Å². The molecule has 1 aromatic heterocycles. The van der Waals surface area contributed by atoms with Crippen LogP contribution in [0.3, 0.4) is 0 Å². The zero-order valence-corrected chi connectivity index (χ0v) is 10.2. The van der Waals surface area contributed by atoms with E-state index in [4.69, 9.17) is 5.26 Å². The van der Waals surface area contributed by atoms with E-state index in [1.165, 1.54) is 5.56 Å². The minimum atomic E-state index is 0.128. The number of hydrogen-bond donors (Lipinski definition) is 0. The fourth-order valence-corrected chi connectivity index (χ4v) is 1.53. The van der Waals surface area contributed by atoms with Crippen LogP contribution in [0.25, 0.3) is 0 Å². The number of unbranched alkanes of at least 4 members (excludes halogenated alkanes) is 1. The summed E-state index contributed by atoms with van der Waals surface area (Å²) in [6.07, 6.45) is 4.41. The Labute approximate surface area is 92.5 Å². The van der Waals surface area contributed by atoms with Gasteiger partial charge in [-0.25, -0.2) is 0 Å². The molecule has 1 rings (SSSR count). The van der Waals surface area contributed by atoms with Crippen LogP contribution in [-0.2, 0) is 12.0 Å². The molecule has 0 unspecified atom stereocenters. The van der Waals surface area contributed by atoms with Crippen molar-refractivity contribution >= 4 is 0 Å². The first-order valence-electron chi connectivity index (χ1n) is 5.59. The summed E-state index contributed by atoms with van der Waals surface area (Å²) in [7, 11) is 0. The normalized spacial score (nSPS) is 11.4. The lowest BCUT2D eigenvalue weighted by Gasteiger charge is -2.15. The van der Waals surface area contributed by atoms with Crippen LogP contribution in [0.5, 0.6) is 0 Å². The Morgan fingerprint density at radius 1 is 1.40 bits per heavy atom. The Morgan fingerprint density at radius 3 is 2.53 bits per heavy atom. The third-order valence-electron chi connectivity index (χ3n) is 2.63. The lowest BCUT2D eigenvalue weighted by molar-refractivity contribution is 0.580. The molecule has 0 radical (unpaired) electrons. The van der Waals surface area contributed by atoms with E-state index in [1.54, 1.807) is 0 Å². The number of rotatable bonds is 3. The molecule has 1 aromatic rings. The summed E-state index contributed by atoms with van der Waals surface area (Å²) in [5, 5.41) is 9.03. The second-order valence-corrected chi connectivity index (χ2v) is 5.02. The van der Waals surface area contributed by atoms with Gasteiger partial charge >= 0.3 is 0 Å². The van der Waals surface area contributed by atoms with E-state index >= 15 is 0 Å². The second-order valence-electron chi connectivity index (χ2n) is 5.02. The molecule has 82 valence electrons. The molecule has 15 heavy (non-hydrogen) atoms. The average Bonchev–Trinajstić information content (AvgIpc) is 2.57. The quantitative estimate of drug-likeness (QED) is 0.741. The molecule has 0 N–H and O–H groups in total. The highest BCUT2D eigenvalue weighted by molar-refractivity contribution is 5.32. The minimum Gasteiger partial charge on any atom is -0.339 e. The Morgan fingerprint density at radius 2 is 2.07 bits per heavy atom. The van der Waals surface area contributed by atoms with E-state index in [-0.39, 0.29) is 5.41 Å². The van der Waals surface area contributed by atoms with Crippen molar-refractivity contribution in [3.63, 3.8) is 0 Å². The van der Waals surface area contributed by atoms with E-state index in [1.807, 2.05) is 6.07 Å². The van der Waals surface area contributed by atoms with E-state index < -0.39 is 0 Å². The first kappa shape index (κ1) is 11.8. The lowest BCUT2D eigenvalue weighted by atomic mass is 9.89. The fourth-order valence-electron chi connectivity index (χ4n) is 1.53.